The number of benzene rings is 1. The highest BCUT2D eigenvalue weighted by molar-refractivity contribution is 5.74. The number of para-hydroxylation sites is 1. The fourth-order valence-corrected chi connectivity index (χ4v) is 5.74. The second-order valence-electron chi connectivity index (χ2n) is 9.73. The molecule has 0 amide bonds. The Balaban J connectivity index is 1.23. The Morgan fingerprint density at radius 3 is 2.56 bits per heavy atom. The van der Waals surface area contributed by atoms with Crippen LogP contribution in [0.15, 0.2) is 30.3 Å². The third-order valence-electron chi connectivity index (χ3n) is 7.79. The zero-order valence-corrected chi connectivity index (χ0v) is 20.0. The third kappa shape index (κ3) is 4.45. The molecule has 9 heteroatoms. The predicted octanol–water partition coefficient (Wildman–Crippen LogP) is 2.50. The van der Waals surface area contributed by atoms with Crippen LogP contribution in [0.3, 0.4) is 0 Å². The SMILES string of the molecule is COC(OC)C1CC(N2CCOC3(CCN(c4cc(-c5ccccc5O)nnc4N)CC3)C2)C1. The summed E-state index contributed by atoms with van der Waals surface area (Å²) in [7, 11) is 3.44. The largest absolute Gasteiger partial charge is 0.507 e. The standard InChI is InChI=1S/C25H35N5O4/c1-32-24(33-2)17-13-18(14-17)30-11-12-34-25(16-30)7-9-29(10-8-25)21-15-20(27-28-23(21)26)19-5-3-4-6-22(19)31/h3-6,15,17-18,24,31H,7-14,16H2,1-2H3,(H2,26,28). The first-order chi connectivity index (χ1) is 16.5. The summed E-state index contributed by atoms with van der Waals surface area (Å²) in [6.07, 6.45) is 4.00. The molecule has 3 N–H and O–H groups in total. The molecule has 3 heterocycles. The van der Waals surface area contributed by atoms with Gasteiger partial charge in [0.25, 0.3) is 0 Å². The number of ether oxygens (including phenoxy) is 3. The number of piperidine rings is 1. The number of hydrogen-bond acceptors (Lipinski definition) is 9. The predicted molar refractivity (Wildman–Crippen MR) is 130 cm³/mol. The second-order valence-corrected chi connectivity index (χ2v) is 9.73. The summed E-state index contributed by atoms with van der Waals surface area (Å²) in [5.74, 6) is 1.06. The highest BCUT2D eigenvalue weighted by atomic mass is 16.7. The quantitative estimate of drug-likeness (QED) is 0.617. The smallest absolute Gasteiger partial charge is 0.169 e. The van der Waals surface area contributed by atoms with E-state index < -0.39 is 0 Å². The lowest BCUT2D eigenvalue weighted by Gasteiger charge is -2.53. The van der Waals surface area contributed by atoms with E-state index in [9.17, 15) is 5.11 Å². The van der Waals surface area contributed by atoms with E-state index in [1.165, 1.54) is 0 Å². The van der Waals surface area contributed by atoms with E-state index in [4.69, 9.17) is 19.9 Å². The van der Waals surface area contributed by atoms with Crippen LogP contribution in [-0.2, 0) is 14.2 Å². The average molecular weight is 470 g/mol. The summed E-state index contributed by atoms with van der Waals surface area (Å²) in [6.45, 7) is 4.41. The van der Waals surface area contributed by atoms with Gasteiger partial charge >= 0.3 is 0 Å². The summed E-state index contributed by atoms with van der Waals surface area (Å²) in [4.78, 5) is 4.87. The van der Waals surface area contributed by atoms with Crippen molar-refractivity contribution in [2.75, 3.05) is 57.6 Å². The van der Waals surface area contributed by atoms with Gasteiger partial charge in [0.05, 0.1) is 23.6 Å². The average Bonchev–Trinajstić information content (AvgIpc) is 2.82. The minimum atomic E-state index is -0.114. The first-order valence-corrected chi connectivity index (χ1v) is 12.1. The van der Waals surface area contributed by atoms with Crippen LogP contribution in [0.5, 0.6) is 5.75 Å². The molecule has 1 aromatic carbocycles. The van der Waals surface area contributed by atoms with Crippen molar-refractivity contribution < 1.29 is 19.3 Å². The molecule has 5 rings (SSSR count). The third-order valence-corrected chi connectivity index (χ3v) is 7.79. The molecule has 2 saturated heterocycles. The zero-order valence-electron chi connectivity index (χ0n) is 20.0. The van der Waals surface area contributed by atoms with Crippen molar-refractivity contribution in [3.05, 3.63) is 30.3 Å². The summed E-state index contributed by atoms with van der Waals surface area (Å²) in [6, 6.07) is 9.66. The molecule has 34 heavy (non-hydrogen) atoms. The number of aromatic nitrogens is 2. The maximum absolute atomic E-state index is 10.2. The maximum Gasteiger partial charge on any atom is 0.169 e. The molecule has 1 saturated carbocycles. The number of hydrogen-bond donors (Lipinski definition) is 2. The van der Waals surface area contributed by atoms with Crippen molar-refractivity contribution in [2.24, 2.45) is 5.92 Å². The Morgan fingerprint density at radius 2 is 1.85 bits per heavy atom. The lowest BCUT2D eigenvalue weighted by molar-refractivity contribution is -0.183. The Bertz CT molecular complexity index is 987. The number of nitrogens with two attached hydrogens (primary N) is 1. The molecule has 2 aliphatic heterocycles. The number of nitrogen functional groups attached to an aromatic ring is 1. The normalized spacial score (nSPS) is 25.0. The molecule has 3 aliphatic rings. The number of rotatable bonds is 6. The van der Waals surface area contributed by atoms with Crippen molar-refractivity contribution in [1.82, 2.24) is 15.1 Å². The van der Waals surface area contributed by atoms with Crippen LogP contribution < -0.4 is 10.6 Å². The van der Waals surface area contributed by atoms with Crippen LogP contribution in [-0.4, -0.2) is 85.1 Å². The summed E-state index contributed by atoms with van der Waals surface area (Å²) in [5, 5.41) is 18.6. The van der Waals surface area contributed by atoms with Gasteiger partial charge in [-0.3, -0.25) is 4.90 Å². The van der Waals surface area contributed by atoms with Gasteiger partial charge in [0, 0.05) is 57.9 Å². The Morgan fingerprint density at radius 1 is 1.12 bits per heavy atom. The molecule has 1 aliphatic carbocycles. The Hall–Kier alpha value is -2.46. The molecule has 0 unspecified atom stereocenters. The molecule has 1 aromatic heterocycles. The van der Waals surface area contributed by atoms with E-state index in [2.05, 4.69) is 20.0 Å². The molecule has 3 fully saturated rings. The van der Waals surface area contributed by atoms with Gasteiger partial charge in [-0.25, -0.2) is 0 Å². The van der Waals surface area contributed by atoms with Crippen LogP contribution in [0.4, 0.5) is 11.5 Å². The lowest BCUT2D eigenvalue weighted by atomic mass is 9.77. The molecule has 1 spiro atoms. The van der Waals surface area contributed by atoms with Crippen molar-refractivity contribution in [2.45, 2.75) is 43.6 Å². The number of anilines is 2. The van der Waals surface area contributed by atoms with Crippen LogP contribution in [0.1, 0.15) is 25.7 Å². The number of methoxy groups -OCH3 is 2. The topological polar surface area (TPSA) is 106 Å². The van der Waals surface area contributed by atoms with Crippen molar-refractivity contribution in [3.63, 3.8) is 0 Å². The Labute approximate surface area is 200 Å². The van der Waals surface area contributed by atoms with Crippen molar-refractivity contribution >= 4 is 11.5 Å². The summed E-state index contributed by atoms with van der Waals surface area (Å²) >= 11 is 0. The Kier molecular flexibility index (Phi) is 6.61. The highest BCUT2D eigenvalue weighted by Gasteiger charge is 2.45. The fraction of sp³-hybridized carbons (Fsp3) is 0.600. The summed E-state index contributed by atoms with van der Waals surface area (Å²) < 4.78 is 17.3. The van der Waals surface area contributed by atoms with Crippen LogP contribution in [0.2, 0.25) is 0 Å². The molecule has 0 radical (unpaired) electrons. The van der Waals surface area contributed by atoms with E-state index in [0.29, 0.717) is 29.0 Å². The van der Waals surface area contributed by atoms with E-state index in [0.717, 1.165) is 64.2 Å². The van der Waals surface area contributed by atoms with Gasteiger partial charge < -0.3 is 30.0 Å². The van der Waals surface area contributed by atoms with Crippen molar-refractivity contribution in [1.29, 1.82) is 0 Å². The number of phenols is 1. The second kappa shape index (κ2) is 9.65. The monoisotopic (exact) mass is 469 g/mol. The maximum atomic E-state index is 10.2. The first-order valence-electron chi connectivity index (χ1n) is 12.1. The van der Waals surface area contributed by atoms with Gasteiger partial charge in [-0.1, -0.05) is 12.1 Å². The van der Waals surface area contributed by atoms with E-state index in [1.54, 1.807) is 26.4 Å². The van der Waals surface area contributed by atoms with Gasteiger partial charge in [0.15, 0.2) is 12.1 Å². The van der Waals surface area contributed by atoms with Gasteiger partial charge in [-0.15, -0.1) is 10.2 Å². The first kappa shape index (κ1) is 23.3. The minimum Gasteiger partial charge on any atom is -0.507 e. The number of aromatic hydroxyl groups is 1. The van der Waals surface area contributed by atoms with Gasteiger partial charge in [-0.05, 0) is 43.9 Å². The number of phenolic OH excluding ortho intramolecular Hbond substituents is 1. The van der Waals surface area contributed by atoms with E-state index >= 15 is 0 Å². The van der Waals surface area contributed by atoms with Crippen LogP contribution in [0, 0.1) is 5.92 Å². The molecule has 0 atom stereocenters. The highest BCUT2D eigenvalue weighted by Crippen LogP contribution is 2.40. The molecule has 0 bridgehead atoms. The molecular formula is C25H35N5O4. The minimum absolute atomic E-state index is 0.100. The van der Waals surface area contributed by atoms with Crippen LogP contribution in [0.25, 0.3) is 11.3 Å². The molecule has 184 valence electrons. The van der Waals surface area contributed by atoms with Gasteiger partial charge in [0.1, 0.15) is 5.75 Å². The van der Waals surface area contributed by atoms with Crippen LogP contribution >= 0.6 is 0 Å². The van der Waals surface area contributed by atoms with E-state index in [-0.39, 0.29) is 17.6 Å². The summed E-state index contributed by atoms with van der Waals surface area (Å²) in [5.41, 5.74) is 8.24. The fourth-order valence-electron chi connectivity index (χ4n) is 5.74. The molecule has 2 aromatic rings. The van der Waals surface area contributed by atoms with Gasteiger partial charge in [-0.2, -0.15) is 0 Å². The van der Waals surface area contributed by atoms with E-state index in [1.807, 2.05) is 18.2 Å². The number of nitrogens with zero attached hydrogens (tertiary/aromatic N) is 4. The van der Waals surface area contributed by atoms with Gasteiger partial charge in [0.2, 0.25) is 0 Å². The molecule has 9 nitrogen and oxygen atoms in total. The lowest BCUT2D eigenvalue weighted by Crippen LogP contribution is -2.61. The van der Waals surface area contributed by atoms with Crippen molar-refractivity contribution in [3.8, 4) is 17.0 Å². The molecular weight excluding hydrogens is 434 g/mol. The zero-order chi connectivity index (χ0) is 23.7. The number of morpholine rings is 1.